The maximum absolute atomic E-state index is 11.0. The number of aryl methyl sites for hydroxylation is 2. The molecule has 0 amide bonds. The molecular weight excluding hydrogens is 204 g/mol. The van der Waals surface area contributed by atoms with Gasteiger partial charge in [-0.05, 0) is 32.4 Å². The van der Waals surface area contributed by atoms with Crippen molar-refractivity contribution in [2.45, 2.75) is 26.7 Å². The van der Waals surface area contributed by atoms with Crippen LogP contribution >= 0.6 is 0 Å². The van der Waals surface area contributed by atoms with Gasteiger partial charge in [-0.1, -0.05) is 12.1 Å². The Morgan fingerprint density at radius 3 is 2.69 bits per heavy atom. The summed E-state index contributed by atoms with van der Waals surface area (Å²) in [6, 6.07) is 5.83. The number of aliphatic carboxylic acids is 1. The molecule has 0 saturated heterocycles. The van der Waals surface area contributed by atoms with Crippen LogP contribution < -0.4 is 0 Å². The van der Waals surface area contributed by atoms with Crippen molar-refractivity contribution in [2.75, 3.05) is 0 Å². The second-order valence-electron chi connectivity index (χ2n) is 4.13. The van der Waals surface area contributed by atoms with Crippen LogP contribution in [-0.2, 0) is 4.79 Å². The summed E-state index contributed by atoms with van der Waals surface area (Å²) in [5, 5.41) is 9.95. The highest BCUT2D eigenvalue weighted by atomic mass is 16.4. The van der Waals surface area contributed by atoms with Crippen LogP contribution in [0.1, 0.15) is 29.7 Å². The van der Waals surface area contributed by atoms with Gasteiger partial charge in [0, 0.05) is 10.9 Å². The van der Waals surface area contributed by atoms with E-state index in [1.54, 1.807) is 6.92 Å². The molecule has 0 saturated carbocycles. The topological polar surface area (TPSA) is 50.4 Å². The van der Waals surface area contributed by atoms with Crippen LogP contribution in [0.5, 0.6) is 0 Å². The highest BCUT2D eigenvalue weighted by Crippen LogP contribution is 2.32. The molecule has 0 fully saturated rings. The predicted octanol–water partition coefficient (Wildman–Crippen LogP) is 3.24. The van der Waals surface area contributed by atoms with Crippen molar-refractivity contribution in [3.8, 4) is 0 Å². The Morgan fingerprint density at radius 2 is 2.06 bits per heavy atom. The van der Waals surface area contributed by atoms with Gasteiger partial charge in [0.2, 0.25) is 0 Å². The molecule has 0 aliphatic heterocycles. The fourth-order valence-corrected chi connectivity index (χ4v) is 2.01. The molecule has 2 aromatic rings. The summed E-state index contributed by atoms with van der Waals surface area (Å²) in [6.07, 6.45) is 0. The van der Waals surface area contributed by atoms with Crippen molar-refractivity contribution in [1.82, 2.24) is 0 Å². The molecule has 3 heteroatoms. The van der Waals surface area contributed by atoms with E-state index in [0.29, 0.717) is 5.76 Å². The zero-order chi connectivity index (χ0) is 11.9. The molecule has 1 aromatic carbocycles. The molecule has 1 N–H and O–H groups in total. The smallest absolute Gasteiger partial charge is 0.310 e. The molecule has 0 spiro atoms. The summed E-state index contributed by atoms with van der Waals surface area (Å²) in [6.45, 7) is 5.47. The lowest BCUT2D eigenvalue weighted by Gasteiger charge is -2.04. The SMILES string of the molecule is Cc1ccc2c(C(C)C(=O)O)c(C)oc2c1. The highest BCUT2D eigenvalue weighted by Gasteiger charge is 2.22. The van der Waals surface area contributed by atoms with Gasteiger partial charge in [-0.25, -0.2) is 0 Å². The zero-order valence-corrected chi connectivity index (χ0v) is 9.57. The monoisotopic (exact) mass is 218 g/mol. The first-order valence-electron chi connectivity index (χ1n) is 5.23. The van der Waals surface area contributed by atoms with Gasteiger partial charge in [0.1, 0.15) is 11.3 Å². The molecule has 0 bridgehead atoms. The third kappa shape index (κ3) is 1.58. The normalized spacial score (nSPS) is 12.9. The highest BCUT2D eigenvalue weighted by molar-refractivity contribution is 5.89. The molecular formula is C13H14O3. The minimum absolute atomic E-state index is 0.538. The Kier molecular flexibility index (Phi) is 2.46. The summed E-state index contributed by atoms with van der Waals surface area (Å²) in [7, 11) is 0. The molecule has 1 unspecified atom stereocenters. The average Bonchev–Trinajstić information content (AvgIpc) is 2.51. The van der Waals surface area contributed by atoms with Crippen LogP contribution in [0.15, 0.2) is 22.6 Å². The fourth-order valence-electron chi connectivity index (χ4n) is 2.01. The minimum atomic E-state index is -0.827. The Bertz CT molecular complexity index is 552. The van der Waals surface area contributed by atoms with Crippen LogP contribution in [-0.4, -0.2) is 11.1 Å². The van der Waals surface area contributed by atoms with Gasteiger partial charge < -0.3 is 9.52 Å². The van der Waals surface area contributed by atoms with E-state index < -0.39 is 11.9 Å². The summed E-state index contributed by atoms with van der Waals surface area (Å²) in [5.41, 5.74) is 2.65. The molecule has 0 aliphatic carbocycles. The summed E-state index contributed by atoms with van der Waals surface area (Å²) in [4.78, 5) is 11.0. The van der Waals surface area contributed by atoms with E-state index in [1.165, 1.54) is 0 Å². The minimum Gasteiger partial charge on any atom is -0.481 e. The number of benzene rings is 1. The largest absolute Gasteiger partial charge is 0.481 e. The van der Waals surface area contributed by atoms with Crippen molar-refractivity contribution in [3.05, 3.63) is 35.1 Å². The van der Waals surface area contributed by atoms with Gasteiger partial charge in [-0.3, -0.25) is 4.79 Å². The molecule has 3 nitrogen and oxygen atoms in total. The van der Waals surface area contributed by atoms with E-state index in [9.17, 15) is 4.79 Å². The standard InChI is InChI=1S/C13H14O3/c1-7-4-5-10-11(6-7)16-9(3)12(10)8(2)13(14)15/h4-6,8H,1-3H3,(H,14,15). The van der Waals surface area contributed by atoms with Gasteiger partial charge in [-0.15, -0.1) is 0 Å². The molecule has 1 aromatic heterocycles. The van der Waals surface area contributed by atoms with Crippen LogP contribution in [0.3, 0.4) is 0 Å². The quantitative estimate of drug-likeness (QED) is 0.841. The molecule has 16 heavy (non-hydrogen) atoms. The molecule has 1 heterocycles. The van der Waals surface area contributed by atoms with Gasteiger partial charge in [0.15, 0.2) is 0 Å². The Morgan fingerprint density at radius 1 is 1.38 bits per heavy atom. The number of hydrogen-bond donors (Lipinski definition) is 1. The van der Waals surface area contributed by atoms with Crippen LogP contribution in [0.2, 0.25) is 0 Å². The van der Waals surface area contributed by atoms with E-state index in [0.717, 1.165) is 22.1 Å². The molecule has 2 rings (SSSR count). The van der Waals surface area contributed by atoms with Crippen molar-refractivity contribution in [2.24, 2.45) is 0 Å². The third-order valence-corrected chi connectivity index (χ3v) is 2.87. The third-order valence-electron chi connectivity index (χ3n) is 2.87. The van der Waals surface area contributed by atoms with E-state index in [2.05, 4.69) is 0 Å². The molecule has 84 valence electrons. The maximum atomic E-state index is 11.0. The van der Waals surface area contributed by atoms with Crippen molar-refractivity contribution in [1.29, 1.82) is 0 Å². The van der Waals surface area contributed by atoms with Gasteiger partial charge in [-0.2, -0.15) is 0 Å². The Hall–Kier alpha value is -1.77. The van der Waals surface area contributed by atoms with Gasteiger partial charge >= 0.3 is 5.97 Å². The number of carboxylic acid groups (broad SMARTS) is 1. The first kappa shape index (κ1) is 10.7. The number of carbonyl (C=O) groups is 1. The lowest BCUT2D eigenvalue weighted by molar-refractivity contribution is -0.138. The van der Waals surface area contributed by atoms with Crippen molar-refractivity contribution in [3.63, 3.8) is 0 Å². The van der Waals surface area contributed by atoms with E-state index in [4.69, 9.17) is 9.52 Å². The first-order chi connectivity index (χ1) is 7.50. The van der Waals surface area contributed by atoms with Gasteiger partial charge in [0.25, 0.3) is 0 Å². The van der Waals surface area contributed by atoms with Gasteiger partial charge in [0.05, 0.1) is 5.92 Å². The maximum Gasteiger partial charge on any atom is 0.310 e. The Labute approximate surface area is 93.7 Å². The van der Waals surface area contributed by atoms with Crippen LogP contribution in [0.4, 0.5) is 0 Å². The fraction of sp³-hybridized carbons (Fsp3) is 0.308. The van der Waals surface area contributed by atoms with E-state index >= 15 is 0 Å². The van der Waals surface area contributed by atoms with E-state index in [-0.39, 0.29) is 0 Å². The Balaban J connectivity index is 2.69. The van der Waals surface area contributed by atoms with Crippen molar-refractivity contribution < 1.29 is 14.3 Å². The molecule has 0 aliphatic rings. The zero-order valence-electron chi connectivity index (χ0n) is 9.57. The van der Waals surface area contributed by atoms with Crippen molar-refractivity contribution >= 4 is 16.9 Å². The van der Waals surface area contributed by atoms with Crippen LogP contribution in [0, 0.1) is 13.8 Å². The number of carboxylic acids is 1. The second kappa shape index (κ2) is 3.67. The average molecular weight is 218 g/mol. The number of hydrogen-bond acceptors (Lipinski definition) is 2. The lowest BCUT2D eigenvalue weighted by Crippen LogP contribution is -2.07. The lowest BCUT2D eigenvalue weighted by atomic mass is 9.98. The summed E-state index contributed by atoms with van der Waals surface area (Å²) >= 11 is 0. The number of furan rings is 1. The molecule has 1 atom stereocenters. The van der Waals surface area contributed by atoms with E-state index in [1.807, 2.05) is 32.0 Å². The second-order valence-corrected chi connectivity index (χ2v) is 4.13. The summed E-state index contributed by atoms with van der Waals surface area (Å²) in [5.74, 6) is -0.675. The van der Waals surface area contributed by atoms with Crippen LogP contribution in [0.25, 0.3) is 11.0 Å². The molecule has 0 radical (unpaired) electrons. The first-order valence-corrected chi connectivity index (χ1v) is 5.23. The summed E-state index contributed by atoms with van der Waals surface area (Å²) < 4.78 is 5.59. The predicted molar refractivity (Wildman–Crippen MR) is 61.7 cm³/mol. The number of fused-ring (bicyclic) bond motifs is 1. The number of rotatable bonds is 2.